The molecule has 4 N–H and O–H groups in total. The van der Waals surface area contributed by atoms with Crippen molar-refractivity contribution in [2.45, 2.75) is 0 Å². The molecule has 0 unspecified atom stereocenters. The average Bonchev–Trinajstić information content (AvgIpc) is 2.51. The van der Waals surface area contributed by atoms with Crippen molar-refractivity contribution in [1.82, 2.24) is 9.97 Å². The summed E-state index contributed by atoms with van der Waals surface area (Å²) in [6.45, 7) is 0. The number of pyridine rings is 2. The van der Waals surface area contributed by atoms with Crippen LogP contribution in [-0.4, -0.2) is 9.97 Å². The lowest BCUT2D eigenvalue weighted by molar-refractivity contribution is 1.22. The summed E-state index contributed by atoms with van der Waals surface area (Å²) in [5, 5.41) is 4.79. The van der Waals surface area contributed by atoms with Crippen LogP contribution in [-0.2, 0) is 0 Å². The first-order chi connectivity index (χ1) is 9.78. The number of hydrogen-bond donors (Lipinski definition) is 3. The number of nitrogens with two attached hydrogens (primary N) is 1. The van der Waals surface area contributed by atoms with Gasteiger partial charge in [0.2, 0.25) is 0 Å². The molecule has 0 aliphatic carbocycles. The van der Waals surface area contributed by atoms with Gasteiger partial charge in [-0.2, -0.15) is 0 Å². The van der Waals surface area contributed by atoms with Crippen LogP contribution in [0.25, 0.3) is 10.9 Å². The zero-order valence-corrected chi connectivity index (χ0v) is 11.2. The lowest BCUT2D eigenvalue weighted by atomic mass is 10.2. The molecule has 2 aromatic heterocycles. The molecule has 0 saturated heterocycles. The molecule has 0 radical (unpaired) electrons. The third kappa shape index (κ3) is 2.36. The predicted octanol–water partition coefficient (Wildman–Crippen LogP) is 3.31. The molecule has 0 aliphatic heterocycles. The van der Waals surface area contributed by atoms with E-state index < -0.39 is 0 Å². The zero-order chi connectivity index (χ0) is 13.9. The second-order valence-corrected chi connectivity index (χ2v) is 4.58. The molecule has 100 valence electrons. The second-order valence-electron chi connectivity index (χ2n) is 4.17. The number of anilines is 3. The molecule has 0 fully saturated rings. The molecule has 0 spiro atoms. The highest BCUT2D eigenvalue weighted by atomic mass is 35.5. The Balaban J connectivity index is 2.04. The van der Waals surface area contributed by atoms with E-state index >= 15 is 0 Å². The van der Waals surface area contributed by atoms with Crippen LogP contribution < -0.4 is 16.6 Å². The number of halogens is 1. The summed E-state index contributed by atoms with van der Waals surface area (Å²) in [5.74, 6) is 6.61. The van der Waals surface area contributed by atoms with E-state index in [2.05, 4.69) is 20.7 Å². The van der Waals surface area contributed by atoms with Gasteiger partial charge < -0.3 is 10.7 Å². The number of fused-ring (bicyclic) bond motifs is 1. The Morgan fingerprint density at radius 3 is 2.70 bits per heavy atom. The molecule has 0 aliphatic rings. The lowest BCUT2D eigenvalue weighted by Crippen LogP contribution is -2.09. The number of nitrogens with zero attached hydrogens (tertiary/aromatic N) is 2. The van der Waals surface area contributed by atoms with Gasteiger partial charge >= 0.3 is 0 Å². The largest absolute Gasteiger partial charge is 0.338 e. The highest BCUT2D eigenvalue weighted by Crippen LogP contribution is 2.29. The van der Waals surface area contributed by atoms with E-state index in [1.54, 1.807) is 12.3 Å². The van der Waals surface area contributed by atoms with Gasteiger partial charge in [0.15, 0.2) is 0 Å². The van der Waals surface area contributed by atoms with Gasteiger partial charge in [0, 0.05) is 11.6 Å². The monoisotopic (exact) mass is 285 g/mol. The van der Waals surface area contributed by atoms with Crippen molar-refractivity contribution >= 4 is 39.8 Å². The van der Waals surface area contributed by atoms with E-state index in [4.69, 9.17) is 17.4 Å². The lowest BCUT2D eigenvalue weighted by Gasteiger charge is -2.10. The van der Waals surface area contributed by atoms with Gasteiger partial charge in [0.05, 0.1) is 16.2 Å². The van der Waals surface area contributed by atoms with Crippen molar-refractivity contribution in [1.29, 1.82) is 0 Å². The maximum atomic E-state index is 6.17. The molecule has 3 aromatic rings. The van der Waals surface area contributed by atoms with Crippen LogP contribution >= 0.6 is 11.6 Å². The van der Waals surface area contributed by atoms with E-state index in [1.807, 2.05) is 36.4 Å². The third-order valence-electron chi connectivity index (χ3n) is 2.88. The highest BCUT2D eigenvalue weighted by molar-refractivity contribution is 6.35. The molecule has 3 rings (SSSR count). The average molecular weight is 286 g/mol. The molecule has 0 atom stereocenters. The van der Waals surface area contributed by atoms with Crippen LogP contribution in [0.4, 0.5) is 17.3 Å². The Morgan fingerprint density at radius 1 is 1.00 bits per heavy atom. The van der Waals surface area contributed by atoms with Gasteiger partial charge in [0.25, 0.3) is 0 Å². The van der Waals surface area contributed by atoms with Gasteiger partial charge in [-0.05, 0) is 36.4 Å². The normalized spacial score (nSPS) is 10.5. The Bertz CT molecular complexity index is 759. The van der Waals surface area contributed by atoms with Gasteiger partial charge in [-0.1, -0.05) is 17.7 Å². The molecule has 6 heteroatoms. The van der Waals surface area contributed by atoms with Crippen molar-refractivity contribution in [2.24, 2.45) is 5.84 Å². The number of benzene rings is 1. The molecule has 0 saturated carbocycles. The minimum atomic E-state index is 0.584. The number of nitrogen functional groups attached to an aromatic ring is 1. The fraction of sp³-hybridized carbons (Fsp3) is 0. The van der Waals surface area contributed by atoms with Crippen LogP contribution in [0.15, 0.2) is 48.7 Å². The molecule has 2 heterocycles. The van der Waals surface area contributed by atoms with Crippen LogP contribution in [0, 0.1) is 0 Å². The van der Waals surface area contributed by atoms with Gasteiger partial charge in [-0.25, -0.2) is 10.8 Å². The summed E-state index contributed by atoms with van der Waals surface area (Å²) in [6.07, 6.45) is 1.73. The van der Waals surface area contributed by atoms with Crippen LogP contribution in [0.1, 0.15) is 0 Å². The maximum absolute atomic E-state index is 6.17. The maximum Gasteiger partial charge on any atom is 0.142 e. The van der Waals surface area contributed by atoms with Crippen molar-refractivity contribution in [3.8, 4) is 0 Å². The van der Waals surface area contributed by atoms with E-state index in [0.717, 1.165) is 16.6 Å². The van der Waals surface area contributed by atoms with Gasteiger partial charge in [0.1, 0.15) is 11.6 Å². The van der Waals surface area contributed by atoms with Crippen molar-refractivity contribution < 1.29 is 0 Å². The molecule has 20 heavy (non-hydrogen) atoms. The Kier molecular flexibility index (Phi) is 3.37. The van der Waals surface area contributed by atoms with Crippen LogP contribution in [0.2, 0.25) is 5.02 Å². The van der Waals surface area contributed by atoms with E-state index in [1.165, 1.54) is 0 Å². The minimum absolute atomic E-state index is 0.584. The molecule has 1 aromatic carbocycles. The zero-order valence-electron chi connectivity index (χ0n) is 10.5. The summed E-state index contributed by atoms with van der Waals surface area (Å²) in [6, 6.07) is 13.0. The van der Waals surface area contributed by atoms with Crippen molar-refractivity contribution in [3.63, 3.8) is 0 Å². The highest BCUT2D eigenvalue weighted by Gasteiger charge is 2.06. The smallest absolute Gasteiger partial charge is 0.142 e. The number of hydrazine groups is 1. The van der Waals surface area contributed by atoms with E-state index in [0.29, 0.717) is 16.7 Å². The summed E-state index contributed by atoms with van der Waals surface area (Å²) in [5.41, 5.74) is 4.15. The fourth-order valence-electron chi connectivity index (χ4n) is 1.96. The first-order valence-electron chi connectivity index (χ1n) is 6.02. The first kappa shape index (κ1) is 12.7. The minimum Gasteiger partial charge on any atom is -0.338 e. The predicted molar refractivity (Wildman–Crippen MR) is 82.1 cm³/mol. The number of hydrogen-bond acceptors (Lipinski definition) is 5. The number of rotatable bonds is 3. The summed E-state index contributed by atoms with van der Waals surface area (Å²) >= 11 is 6.17. The molecular weight excluding hydrogens is 274 g/mol. The van der Waals surface area contributed by atoms with Crippen molar-refractivity contribution in [2.75, 3.05) is 10.7 Å². The Labute approximate surface area is 120 Å². The first-order valence-corrected chi connectivity index (χ1v) is 6.39. The van der Waals surface area contributed by atoms with E-state index in [-0.39, 0.29) is 0 Å². The Morgan fingerprint density at radius 2 is 1.85 bits per heavy atom. The number of aromatic nitrogens is 2. The molecule has 5 nitrogen and oxygen atoms in total. The SMILES string of the molecule is NNc1cccc(Nc2ccc(Cl)c3cccnc23)n1. The quantitative estimate of drug-likeness (QED) is 0.508. The summed E-state index contributed by atoms with van der Waals surface area (Å²) in [4.78, 5) is 8.67. The van der Waals surface area contributed by atoms with Crippen molar-refractivity contribution in [3.05, 3.63) is 53.7 Å². The van der Waals surface area contributed by atoms with Crippen LogP contribution in [0.3, 0.4) is 0 Å². The summed E-state index contributed by atoms with van der Waals surface area (Å²) in [7, 11) is 0. The second kappa shape index (κ2) is 5.32. The topological polar surface area (TPSA) is 75.9 Å². The fourth-order valence-corrected chi connectivity index (χ4v) is 2.18. The van der Waals surface area contributed by atoms with Gasteiger partial charge in [-0.15, -0.1) is 0 Å². The summed E-state index contributed by atoms with van der Waals surface area (Å²) < 4.78 is 0. The van der Waals surface area contributed by atoms with E-state index in [9.17, 15) is 0 Å². The molecule has 0 bridgehead atoms. The molecule has 0 amide bonds. The van der Waals surface area contributed by atoms with Crippen LogP contribution in [0.5, 0.6) is 0 Å². The number of nitrogens with one attached hydrogen (secondary N) is 2. The standard InChI is InChI=1S/C14H12ClN5/c15-10-6-7-11(14-9(10)3-2-8-17-14)18-12-4-1-5-13(19-12)20-16/h1-8H,16H2,(H2,18,19,20). The Hall–Kier alpha value is -2.37. The molecular formula is C14H12ClN5. The third-order valence-corrected chi connectivity index (χ3v) is 3.21. The van der Waals surface area contributed by atoms with Gasteiger partial charge in [-0.3, -0.25) is 4.98 Å².